The van der Waals surface area contributed by atoms with Crippen molar-refractivity contribution >= 4 is 15.9 Å². The SMILES string of the molecule is CNC(C)Cc1ccc(OCc2cccc(Br)c2)cc1. The van der Waals surface area contributed by atoms with Gasteiger partial charge in [0.1, 0.15) is 12.4 Å². The minimum absolute atomic E-state index is 0.489. The predicted molar refractivity (Wildman–Crippen MR) is 87.1 cm³/mol. The van der Waals surface area contributed by atoms with Gasteiger partial charge in [0, 0.05) is 10.5 Å². The van der Waals surface area contributed by atoms with Crippen molar-refractivity contribution in [3.8, 4) is 5.75 Å². The van der Waals surface area contributed by atoms with Crippen LogP contribution in [0.4, 0.5) is 0 Å². The van der Waals surface area contributed by atoms with E-state index in [1.54, 1.807) is 0 Å². The number of hydrogen-bond acceptors (Lipinski definition) is 2. The average Bonchev–Trinajstić information content (AvgIpc) is 2.46. The molecule has 0 aliphatic heterocycles. The maximum absolute atomic E-state index is 5.80. The predicted octanol–water partition coefficient (Wildman–Crippen LogP) is 4.18. The van der Waals surface area contributed by atoms with Crippen LogP contribution in [0.3, 0.4) is 0 Å². The van der Waals surface area contributed by atoms with Crippen molar-refractivity contribution in [3.63, 3.8) is 0 Å². The Balaban J connectivity index is 1.90. The summed E-state index contributed by atoms with van der Waals surface area (Å²) in [6.45, 7) is 2.77. The first-order valence-corrected chi connectivity index (χ1v) is 7.60. The molecule has 3 heteroatoms. The molecule has 20 heavy (non-hydrogen) atoms. The summed E-state index contributed by atoms with van der Waals surface area (Å²) in [4.78, 5) is 0. The van der Waals surface area contributed by atoms with E-state index in [9.17, 15) is 0 Å². The van der Waals surface area contributed by atoms with E-state index < -0.39 is 0 Å². The van der Waals surface area contributed by atoms with Crippen molar-refractivity contribution < 1.29 is 4.74 Å². The molecule has 0 saturated heterocycles. The minimum atomic E-state index is 0.489. The molecule has 1 unspecified atom stereocenters. The monoisotopic (exact) mass is 333 g/mol. The molecule has 1 atom stereocenters. The number of nitrogens with one attached hydrogen (secondary N) is 1. The Morgan fingerprint density at radius 2 is 1.85 bits per heavy atom. The Kier molecular flexibility index (Phi) is 5.62. The Hall–Kier alpha value is -1.32. The number of hydrogen-bond donors (Lipinski definition) is 1. The molecule has 0 amide bonds. The van der Waals surface area contributed by atoms with E-state index in [0.29, 0.717) is 12.6 Å². The first kappa shape index (κ1) is 15.1. The molecular weight excluding hydrogens is 314 g/mol. The Bertz CT molecular complexity index is 539. The Morgan fingerprint density at radius 3 is 2.50 bits per heavy atom. The molecule has 2 aromatic rings. The van der Waals surface area contributed by atoms with Gasteiger partial charge in [-0.25, -0.2) is 0 Å². The molecular formula is C17H20BrNO. The third kappa shape index (κ3) is 4.66. The molecule has 0 aromatic heterocycles. The zero-order chi connectivity index (χ0) is 14.4. The van der Waals surface area contributed by atoms with Gasteiger partial charge in [-0.15, -0.1) is 0 Å². The number of halogens is 1. The number of likely N-dealkylation sites (N-methyl/N-ethyl adjacent to an activating group) is 1. The number of ether oxygens (including phenoxy) is 1. The van der Waals surface area contributed by atoms with E-state index in [2.05, 4.69) is 52.4 Å². The van der Waals surface area contributed by atoms with E-state index in [1.165, 1.54) is 5.56 Å². The lowest BCUT2D eigenvalue weighted by Gasteiger charge is -2.11. The van der Waals surface area contributed by atoms with Crippen molar-refractivity contribution in [1.82, 2.24) is 5.32 Å². The molecule has 1 N–H and O–H groups in total. The fraction of sp³-hybridized carbons (Fsp3) is 0.294. The normalized spacial score (nSPS) is 12.2. The summed E-state index contributed by atoms with van der Waals surface area (Å²) >= 11 is 3.47. The third-order valence-electron chi connectivity index (χ3n) is 3.25. The van der Waals surface area contributed by atoms with Gasteiger partial charge in [-0.1, -0.05) is 40.2 Å². The van der Waals surface area contributed by atoms with E-state index in [4.69, 9.17) is 4.74 Å². The Morgan fingerprint density at radius 1 is 1.10 bits per heavy atom. The van der Waals surface area contributed by atoms with Crippen LogP contribution in [0.2, 0.25) is 0 Å². The first-order chi connectivity index (χ1) is 9.67. The highest BCUT2D eigenvalue weighted by molar-refractivity contribution is 9.10. The smallest absolute Gasteiger partial charge is 0.119 e. The minimum Gasteiger partial charge on any atom is -0.489 e. The highest BCUT2D eigenvalue weighted by atomic mass is 79.9. The van der Waals surface area contributed by atoms with E-state index in [1.807, 2.05) is 31.3 Å². The van der Waals surface area contributed by atoms with Crippen LogP contribution < -0.4 is 10.1 Å². The maximum Gasteiger partial charge on any atom is 0.119 e. The van der Waals surface area contributed by atoms with Gasteiger partial charge in [-0.2, -0.15) is 0 Å². The molecule has 0 radical (unpaired) electrons. The summed E-state index contributed by atoms with van der Waals surface area (Å²) < 4.78 is 6.88. The maximum atomic E-state index is 5.80. The van der Waals surface area contributed by atoms with Crippen LogP contribution in [0.25, 0.3) is 0 Å². The van der Waals surface area contributed by atoms with Gasteiger partial charge in [-0.05, 0) is 55.8 Å². The summed E-state index contributed by atoms with van der Waals surface area (Å²) in [5, 5.41) is 3.24. The van der Waals surface area contributed by atoms with Crippen LogP contribution in [-0.4, -0.2) is 13.1 Å². The summed E-state index contributed by atoms with van der Waals surface area (Å²) in [6.07, 6.45) is 1.03. The van der Waals surface area contributed by atoms with Crippen LogP contribution >= 0.6 is 15.9 Å². The number of benzene rings is 2. The lowest BCUT2D eigenvalue weighted by atomic mass is 10.1. The van der Waals surface area contributed by atoms with Crippen LogP contribution in [0, 0.1) is 0 Å². The topological polar surface area (TPSA) is 21.3 Å². The van der Waals surface area contributed by atoms with Crippen LogP contribution in [-0.2, 0) is 13.0 Å². The standard InChI is InChI=1S/C17H20BrNO/c1-13(19-2)10-14-6-8-17(9-7-14)20-12-15-4-3-5-16(18)11-15/h3-9,11,13,19H,10,12H2,1-2H3. The summed E-state index contributed by atoms with van der Waals surface area (Å²) in [5.74, 6) is 0.908. The quantitative estimate of drug-likeness (QED) is 0.856. The van der Waals surface area contributed by atoms with Gasteiger partial charge >= 0.3 is 0 Å². The highest BCUT2D eigenvalue weighted by Crippen LogP contribution is 2.17. The molecule has 0 saturated carbocycles. The molecule has 106 valence electrons. The second kappa shape index (κ2) is 7.46. The molecule has 0 bridgehead atoms. The fourth-order valence-corrected chi connectivity index (χ4v) is 2.42. The van der Waals surface area contributed by atoms with E-state index in [-0.39, 0.29) is 0 Å². The van der Waals surface area contributed by atoms with Crippen molar-refractivity contribution in [1.29, 1.82) is 0 Å². The van der Waals surface area contributed by atoms with Crippen molar-refractivity contribution in [2.24, 2.45) is 0 Å². The van der Waals surface area contributed by atoms with E-state index >= 15 is 0 Å². The van der Waals surface area contributed by atoms with Crippen molar-refractivity contribution in [3.05, 3.63) is 64.1 Å². The molecule has 2 nitrogen and oxygen atoms in total. The van der Waals surface area contributed by atoms with E-state index in [0.717, 1.165) is 22.2 Å². The Labute approximate surface area is 129 Å². The van der Waals surface area contributed by atoms with Crippen LogP contribution in [0.1, 0.15) is 18.1 Å². The lowest BCUT2D eigenvalue weighted by molar-refractivity contribution is 0.306. The zero-order valence-corrected chi connectivity index (χ0v) is 13.5. The lowest BCUT2D eigenvalue weighted by Crippen LogP contribution is -2.23. The largest absolute Gasteiger partial charge is 0.489 e. The summed E-state index contributed by atoms with van der Waals surface area (Å²) in [6, 6.07) is 17.0. The summed E-state index contributed by atoms with van der Waals surface area (Å²) in [7, 11) is 1.99. The molecule has 0 aliphatic carbocycles. The fourth-order valence-electron chi connectivity index (χ4n) is 1.97. The third-order valence-corrected chi connectivity index (χ3v) is 3.75. The molecule has 0 aliphatic rings. The molecule has 0 fully saturated rings. The van der Waals surface area contributed by atoms with Crippen LogP contribution in [0.15, 0.2) is 53.0 Å². The van der Waals surface area contributed by atoms with Gasteiger partial charge < -0.3 is 10.1 Å². The van der Waals surface area contributed by atoms with Gasteiger partial charge in [-0.3, -0.25) is 0 Å². The molecule has 0 heterocycles. The first-order valence-electron chi connectivity index (χ1n) is 6.81. The molecule has 0 spiro atoms. The molecule has 2 rings (SSSR count). The van der Waals surface area contributed by atoms with Gasteiger partial charge in [0.2, 0.25) is 0 Å². The number of rotatable bonds is 6. The van der Waals surface area contributed by atoms with Gasteiger partial charge in [0.25, 0.3) is 0 Å². The summed E-state index contributed by atoms with van der Waals surface area (Å²) in [5.41, 5.74) is 2.48. The molecule has 2 aromatic carbocycles. The van der Waals surface area contributed by atoms with Crippen molar-refractivity contribution in [2.75, 3.05) is 7.05 Å². The van der Waals surface area contributed by atoms with Gasteiger partial charge in [0.05, 0.1) is 0 Å². The second-order valence-electron chi connectivity index (χ2n) is 4.96. The second-order valence-corrected chi connectivity index (χ2v) is 5.87. The van der Waals surface area contributed by atoms with Gasteiger partial charge in [0.15, 0.2) is 0 Å². The highest BCUT2D eigenvalue weighted by Gasteiger charge is 2.01. The zero-order valence-electron chi connectivity index (χ0n) is 11.9. The van der Waals surface area contributed by atoms with Crippen molar-refractivity contribution in [2.45, 2.75) is 26.0 Å². The van der Waals surface area contributed by atoms with Crippen LogP contribution in [0.5, 0.6) is 5.75 Å². The average molecular weight is 334 g/mol.